The van der Waals surface area contributed by atoms with E-state index in [9.17, 15) is 14.7 Å². The van der Waals surface area contributed by atoms with Gasteiger partial charge in [0.15, 0.2) is 0 Å². The fourth-order valence-electron chi connectivity index (χ4n) is 5.36. The molecule has 1 amide bonds. The number of fused-ring (bicyclic) bond motifs is 5. The van der Waals surface area contributed by atoms with Crippen molar-refractivity contribution >= 4 is 23.8 Å². The first-order valence-electron chi connectivity index (χ1n) is 12.9. The molecule has 0 radical (unpaired) electrons. The fraction of sp³-hybridized carbons (Fsp3) is 0.188. The number of hydrogen-bond acceptors (Lipinski definition) is 6. The van der Waals surface area contributed by atoms with Crippen LogP contribution in [0.25, 0.3) is 11.1 Å². The summed E-state index contributed by atoms with van der Waals surface area (Å²) >= 11 is 1.42. The Balaban J connectivity index is 1.15. The zero-order valence-electron chi connectivity index (χ0n) is 21.7. The quantitative estimate of drug-likeness (QED) is 0.253. The highest BCUT2D eigenvalue weighted by Gasteiger charge is 2.32. The highest BCUT2D eigenvalue weighted by Crippen LogP contribution is 2.50. The number of carbonyl (C=O) groups excluding carboxylic acids is 1. The maximum Gasteiger partial charge on any atom is 0.407 e. The van der Waals surface area contributed by atoms with Crippen LogP contribution < -0.4 is 14.8 Å². The third-order valence-electron chi connectivity index (χ3n) is 7.28. The smallest absolute Gasteiger partial charge is 0.407 e. The maximum atomic E-state index is 12.8. The molecular weight excluding hydrogens is 526 g/mol. The van der Waals surface area contributed by atoms with Gasteiger partial charge in [-0.15, -0.1) is 11.8 Å². The predicted octanol–water partition coefficient (Wildman–Crippen LogP) is 6.62. The number of ether oxygens (including phenoxy) is 3. The van der Waals surface area contributed by atoms with E-state index in [1.807, 2.05) is 78.9 Å². The van der Waals surface area contributed by atoms with Crippen molar-refractivity contribution in [3.8, 4) is 28.4 Å². The van der Waals surface area contributed by atoms with Gasteiger partial charge >= 0.3 is 12.1 Å². The summed E-state index contributed by atoms with van der Waals surface area (Å²) in [6.45, 7) is 0.111. The van der Waals surface area contributed by atoms with Crippen molar-refractivity contribution in [3.63, 3.8) is 0 Å². The Morgan fingerprint density at radius 2 is 1.50 bits per heavy atom. The molecule has 7 nitrogen and oxygen atoms in total. The van der Waals surface area contributed by atoms with Crippen molar-refractivity contribution in [1.82, 2.24) is 5.32 Å². The summed E-state index contributed by atoms with van der Waals surface area (Å²) in [6.07, 6.45) is -0.760. The standard InChI is InChI=1S/C32H27NO6S/c1-37-19-14-15-29-25(16-19)30(24-12-6-7-13-28(24)39-29)40-18-27(31(34)35)33-32(36)38-17-26-22-10-4-2-8-20(22)21-9-3-5-11-23(21)26/h2-16,26-27,30H,17-18H2,1H3,(H,33,36)(H,34,35)/t27-,30?/m0/s1. The van der Waals surface area contributed by atoms with E-state index in [2.05, 4.69) is 17.4 Å². The number of carboxylic acid groups (broad SMARTS) is 1. The van der Waals surface area contributed by atoms with Crippen LogP contribution in [0, 0.1) is 0 Å². The molecule has 1 heterocycles. The van der Waals surface area contributed by atoms with Crippen LogP contribution in [0.15, 0.2) is 91.0 Å². The van der Waals surface area contributed by atoms with E-state index < -0.39 is 18.1 Å². The topological polar surface area (TPSA) is 94.1 Å². The minimum atomic E-state index is -1.15. The number of nitrogens with one attached hydrogen (secondary N) is 1. The van der Waals surface area contributed by atoms with E-state index in [4.69, 9.17) is 14.2 Å². The summed E-state index contributed by atoms with van der Waals surface area (Å²) < 4.78 is 17.1. The zero-order chi connectivity index (χ0) is 27.6. The molecule has 4 aromatic carbocycles. The Morgan fingerprint density at radius 1 is 0.875 bits per heavy atom. The van der Waals surface area contributed by atoms with Crippen LogP contribution in [-0.4, -0.2) is 42.7 Å². The van der Waals surface area contributed by atoms with Gasteiger partial charge in [-0.05, 0) is 46.5 Å². The van der Waals surface area contributed by atoms with Crippen LogP contribution in [0.1, 0.15) is 33.4 Å². The number of methoxy groups -OCH3 is 1. The number of benzene rings is 4. The molecule has 2 N–H and O–H groups in total. The molecule has 202 valence electrons. The lowest BCUT2D eigenvalue weighted by Crippen LogP contribution is -2.43. The van der Waals surface area contributed by atoms with Crippen molar-refractivity contribution < 1.29 is 28.9 Å². The molecule has 0 aromatic heterocycles. The number of amides is 1. The second kappa shape index (κ2) is 11.0. The van der Waals surface area contributed by atoms with Gasteiger partial charge < -0.3 is 24.6 Å². The maximum absolute atomic E-state index is 12.8. The molecule has 0 saturated carbocycles. The third-order valence-corrected chi connectivity index (χ3v) is 8.65. The Morgan fingerprint density at radius 3 is 2.17 bits per heavy atom. The molecule has 0 bridgehead atoms. The monoisotopic (exact) mass is 553 g/mol. The molecule has 40 heavy (non-hydrogen) atoms. The van der Waals surface area contributed by atoms with Crippen LogP contribution in [0.5, 0.6) is 17.2 Å². The predicted molar refractivity (Wildman–Crippen MR) is 153 cm³/mol. The number of alkyl carbamates (subject to hydrolysis) is 1. The zero-order valence-corrected chi connectivity index (χ0v) is 22.5. The van der Waals surface area contributed by atoms with Crippen molar-refractivity contribution in [1.29, 1.82) is 0 Å². The lowest BCUT2D eigenvalue weighted by Gasteiger charge is -2.29. The molecule has 1 aliphatic heterocycles. The number of thioether (sulfide) groups is 1. The minimum Gasteiger partial charge on any atom is -0.497 e. The number of carbonyl (C=O) groups is 2. The van der Waals surface area contributed by atoms with Gasteiger partial charge in [-0.25, -0.2) is 9.59 Å². The Hall–Kier alpha value is -4.43. The van der Waals surface area contributed by atoms with Gasteiger partial charge in [0.1, 0.15) is 29.9 Å². The Kier molecular flexibility index (Phi) is 7.09. The van der Waals surface area contributed by atoms with Gasteiger partial charge in [0.25, 0.3) is 0 Å². The van der Waals surface area contributed by atoms with Crippen LogP contribution in [0.2, 0.25) is 0 Å². The van der Waals surface area contributed by atoms with E-state index >= 15 is 0 Å². The van der Waals surface area contributed by atoms with Gasteiger partial charge in [0, 0.05) is 22.8 Å². The van der Waals surface area contributed by atoms with Crippen LogP contribution in [-0.2, 0) is 9.53 Å². The molecule has 0 fully saturated rings. The summed E-state index contributed by atoms with van der Waals surface area (Å²) in [7, 11) is 1.60. The van der Waals surface area contributed by atoms with Crippen molar-refractivity contribution in [2.24, 2.45) is 0 Å². The molecule has 1 aliphatic carbocycles. The van der Waals surface area contributed by atoms with Gasteiger partial charge in [0.2, 0.25) is 0 Å². The van der Waals surface area contributed by atoms with Crippen LogP contribution in [0.4, 0.5) is 4.79 Å². The van der Waals surface area contributed by atoms with E-state index in [-0.39, 0.29) is 23.5 Å². The fourth-order valence-corrected chi connectivity index (χ4v) is 6.71. The summed E-state index contributed by atoms with van der Waals surface area (Å²) in [4.78, 5) is 25.0. The van der Waals surface area contributed by atoms with Crippen molar-refractivity contribution in [2.75, 3.05) is 19.5 Å². The number of rotatable bonds is 8. The molecular formula is C32H27NO6S. The Bertz CT molecular complexity index is 1540. The average Bonchev–Trinajstić information content (AvgIpc) is 3.30. The molecule has 0 spiro atoms. The van der Waals surface area contributed by atoms with Gasteiger partial charge in [-0.3, -0.25) is 0 Å². The second-order valence-electron chi connectivity index (χ2n) is 9.62. The van der Waals surface area contributed by atoms with Crippen molar-refractivity contribution in [3.05, 3.63) is 113 Å². The molecule has 0 saturated heterocycles. The van der Waals surface area contributed by atoms with Gasteiger partial charge in [0.05, 0.1) is 12.4 Å². The summed E-state index contributed by atoms with van der Waals surface area (Å²) in [5, 5.41) is 12.3. The second-order valence-corrected chi connectivity index (χ2v) is 10.8. The highest BCUT2D eigenvalue weighted by molar-refractivity contribution is 7.99. The number of para-hydroxylation sites is 1. The van der Waals surface area contributed by atoms with Crippen LogP contribution >= 0.6 is 11.8 Å². The van der Waals surface area contributed by atoms with Gasteiger partial charge in [-0.2, -0.15) is 0 Å². The van der Waals surface area contributed by atoms with E-state index in [1.165, 1.54) is 11.8 Å². The largest absolute Gasteiger partial charge is 0.497 e. The summed E-state index contributed by atoms with van der Waals surface area (Å²) in [5.74, 6) is 0.962. The first-order chi connectivity index (χ1) is 19.5. The lowest BCUT2D eigenvalue weighted by molar-refractivity contribution is -0.138. The number of hydrogen-bond donors (Lipinski definition) is 2. The minimum absolute atomic E-state index is 0.110. The molecule has 8 heteroatoms. The lowest BCUT2D eigenvalue weighted by atomic mass is 9.98. The van der Waals surface area contributed by atoms with Gasteiger partial charge in [-0.1, -0.05) is 66.7 Å². The third kappa shape index (κ3) is 4.86. The molecule has 2 atom stereocenters. The Labute approximate surface area is 236 Å². The molecule has 2 aliphatic rings. The van der Waals surface area contributed by atoms with Crippen molar-refractivity contribution in [2.45, 2.75) is 17.2 Å². The van der Waals surface area contributed by atoms with E-state index in [0.29, 0.717) is 17.2 Å². The SMILES string of the molecule is COc1ccc2c(c1)C(SC[C@H](NC(=O)OCC1c3ccccc3-c3ccccc31)C(=O)O)c1ccccc1O2. The summed E-state index contributed by atoms with van der Waals surface area (Å²) in [6, 6.07) is 28.2. The first-order valence-corrected chi connectivity index (χ1v) is 14.0. The molecule has 4 aromatic rings. The van der Waals surface area contributed by atoms with E-state index in [1.54, 1.807) is 7.11 Å². The summed E-state index contributed by atoms with van der Waals surface area (Å²) in [5.41, 5.74) is 6.25. The normalized spacial score (nSPS) is 15.5. The molecule has 1 unspecified atom stereocenters. The van der Waals surface area contributed by atoms with E-state index in [0.717, 1.165) is 33.4 Å². The number of carboxylic acids is 1. The number of aliphatic carboxylic acids is 1. The highest BCUT2D eigenvalue weighted by atomic mass is 32.2. The average molecular weight is 554 g/mol. The van der Waals surface area contributed by atoms with Crippen LogP contribution in [0.3, 0.4) is 0 Å². The molecule has 6 rings (SSSR count). The first kappa shape index (κ1) is 25.8.